The smallest absolute Gasteiger partial charge is 0.238 e. The Labute approximate surface area is 126 Å². The number of aryl methyl sites for hydroxylation is 1. The molecule has 0 radical (unpaired) electrons. The minimum absolute atomic E-state index is 0.128. The normalized spacial score (nSPS) is 12.9. The van der Waals surface area contributed by atoms with Gasteiger partial charge in [0.25, 0.3) is 0 Å². The maximum absolute atomic E-state index is 11.4. The van der Waals surface area contributed by atoms with Crippen LogP contribution in [0.2, 0.25) is 0 Å². The van der Waals surface area contributed by atoms with Crippen LogP contribution in [0.5, 0.6) is 0 Å². The van der Waals surface area contributed by atoms with Gasteiger partial charge in [0.15, 0.2) is 0 Å². The monoisotopic (exact) mass is 304 g/mol. The first-order valence-corrected chi connectivity index (χ1v) is 8.35. The van der Waals surface area contributed by atoms with E-state index < -0.39 is 10.0 Å². The maximum atomic E-state index is 11.4. The molecule has 0 saturated carbocycles. The van der Waals surface area contributed by atoms with Crippen LogP contribution in [0.3, 0.4) is 0 Å². The zero-order valence-corrected chi connectivity index (χ0v) is 13.0. The standard InChI is InChI=1S/C16H20N2O2S/c1-12-8-9-15(21(17,19)20)10-16(12)18-11-13(2)14-6-4-3-5-7-14/h3-10,13,18H,11H2,1-2H3,(H2,17,19,20). The summed E-state index contributed by atoms with van der Waals surface area (Å²) in [5.74, 6) is 0.323. The van der Waals surface area contributed by atoms with E-state index in [0.29, 0.717) is 5.92 Å². The molecular weight excluding hydrogens is 284 g/mol. The zero-order chi connectivity index (χ0) is 15.5. The molecule has 1 unspecified atom stereocenters. The maximum Gasteiger partial charge on any atom is 0.238 e. The zero-order valence-electron chi connectivity index (χ0n) is 12.2. The van der Waals surface area contributed by atoms with Gasteiger partial charge in [-0.05, 0) is 36.1 Å². The first kappa shape index (κ1) is 15.5. The second-order valence-electron chi connectivity index (χ2n) is 5.21. The second-order valence-corrected chi connectivity index (χ2v) is 6.78. The molecule has 0 aliphatic carbocycles. The summed E-state index contributed by atoms with van der Waals surface area (Å²) in [4.78, 5) is 0.128. The fourth-order valence-corrected chi connectivity index (χ4v) is 2.67. The van der Waals surface area contributed by atoms with Crippen molar-refractivity contribution in [3.63, 3.8) is 0 Å². The van der Waals surface area contributed by atoms with Crippen LogP contribution in [0, 0.1) is 6.92 Å². The molecule has 0 fully saturated rings. The van der Waals surface area contributed by atoms with Gasteiger partial charge in [0.2, 0.25) is 10.0 Å². The van der Waals surface area contributed by atoms with Gasteiger partial charge in [-0.2, -0.15) is 0 Å². The molecule has 0 amide bonds. The topological polar surface area (TPSA) is 72.2 Å². The summed E-state index contributed by atoms with van der Waals surface area (Å²) in [6.45, 7) is 4.78. The highest BCUT2D eigenvalue weighted by molar-refractivity contribution is 7.89. The van der Waals surface area contributed by atoms with Crippen molar-refractivity contribution < 1.29 is 8.42 Å². The number of benzene rings is 2. The predicted molar refractivity (Wildman–Crippen MR) is 85.9 cm³/mol. The Hall–Kier alpha value is -1.85. The fraction of sp³-hybridized carbons (Fsp3) is 0.250. The van der Waals surface area contributed by atoms with Crippen molar-refractivity contribution >= 4 is 15.7 Å². The number of sulfonamides is 1. The Bertz CT molecular complexity index is 712. The van der Waals surface area contributed by atoms with Gasteiger partial charge >= 0.3 is 0 Å². The fourth-order valence-electron chi connectivity index (χ4n) is 2.13. The summed E-state index contributed by atoms with van der Waals surface area (Å²) < 4.78 is 22.8. The van der Waals surface area contributed by atoms with Crippen molar-refractivity contribution in [2.45, 2.75) is 24.7 Å². The summed E-state index contributed by atoms with van der Waals surface area (Å²) in [5, 5.41) is 8.47. The molecule has 0 spiro atoms. The molecule has 2 rings (SSSR count). The second kappa shape index (κ2) is 6.28. The van der Waals surface area contributed by atoms with Gasteiger partial charge in [-0.25, -0.2) is 13.6 Å². The lowest BCUT2D eigenvalue weighted by Crippen LogP contribution is -2.14. The molecule has 0 heterocycles. The van der Waals surface area contributed by atoms with Crippen LogP contribution in [0.25, 0.3) is 0 Å². The average Bonchev–Trinajstić information content (AvgIpc) is 2.45. The summed E-state index contributed by atoms with van der Waals surface area (Å²) in [7, 11) is -3.67. The van der Waals surface area contributed by atoms with Crippen molar-refractivity contribution in [1.82, 2.24) is 0 Å². The highest BCUT2D eigenvalue weighted by atomic mass is 32.2. The number of primary sulfonamides is 1. The van der Waals surface area contributed by atoms with Crippen LogP contribution in [0.15, 0.2) is 53.4 Å². The highest BCUT2D eigenvalue weighted by Gasteiger charge is 2.11. The van der Waals surface area contributed by atoms with Gasteiger partial charge < -0.3 is 5.32 Å². The molecule has 2 aromatic rings. The Morgan fingerprint density at radius 3 is 2.43 bits per heavy atom. The number of rotatable bonds is 5. The molecule has 1 atom stereocenters. The number of hydrogen-bond donors (Lipinski definition) is 2. The minimum atomic E-state index is -3.67. The van der Waals surface area contributed by atoms with Crippen molar-refractivity contribution in [1.29, 1.82) is 0 Å². The van der Waals surface area contributed by atoms with Crippen LogP contribution in [0.4, 0.5) is 5.69 Å². The molecule has 4 nitrogen and oxygen atoms in total. The number of hydrogen-bond acceptors (Lipinski definition) is 3. The molecule has 112 valence electrons. The number of nitrogens with two attached hydrogens (primary N) is 1. The first-order chi connectivity index (χ1) is 9.88. The SMILES string of the molecule is Cc1ccc(S(N)(=O)=O)cc1NCC(C)c1ccccc1. The number of nitrogens with one attached hydrogen (secondary N) is 1. The Morgan fingerprint density at radius 2 is 1.81 bits per heavy atom. The van der Waals surface area contributed by atoms with E-state index in [1.807, 2.05) is 25.1 Å². The third kappa shape index (κ3) is 4.06. The molecule has 0 bridgehead atoms. The van der Waals surface area contributed by atoms with Crippen molar-refractivity contribution in [3.8, 4) is 0 Å². The summed E-state index contributed by atoms with van der Waals surface area (Å²) in [5.41, 5.74) is 3.03. The lowest BCUT2D eigenvalue weighted by molar-refractivity contribution is 0.598. The summed E-state index contributed by atoms with van der Waals surface area (Å²) in [6.07, 6.45) is 0. The van der Waals surface area contributed by atoms with Crippen LogP contribution in [0.1, 0.15) is 24.0 Å². The summed E-state index contributed by atoms with van der Waals surface area (Å²) in [6, 6.07) is 15.1. The van der Waals surface area contributed by atoms with Crippen LogP contribution in [-0.4, -0.2) is 15.0 Å². The Balaban J connectivity index is 2.13. The third-order valence-electron chi connectivity index (χ3n) is 3.50. The average molecular weight is 304 g/mol. The lowest BCUT2D eigenvalue weighted by atomic mass is 10.0. The largest absolute Gasteiger partial charge is 0.384 e. The van der Waals surface area contributed by atoms with Gasteiger partial charge in [0, 0.05) is 12.2 Å². The van der Waals surface area contributed by atoms with Crippen molar-refractivity contribution in [3.05, 3.63) is 59.7 Å². The van der Waals surface area contributed by atoms with Gasteiger partial charge in [-0.1, -0.05) is 43.3 Å². The molecule has 3 N–H and O–H groups in total. The first-order valence-electron chi connectivity index (χ1n) is 6.80. The predicted octanol–water partition coefficient (Wildman–Crippen LogP) is 2.86. The van der Waals surface area contributed by atoms with Crippen LogP contribution < -0.4 is 10.5 Å². The van der Waals surface area contributed by atoms with E-state index in [1.165, 1.54) is 11.6 Å². The quantitative estimate of drug-likeness (QED) is 0.892. The summed E-state index contributed by atoms with van der Waals surface area (Å²) >= 11 is 0. The third-order valence-corrected chi connectivity index (χ3v) is 4.42. The van der Waals surface area contributed by atoms with Gasteiger partial charge in [0.05, 0.1) is 4.90 Å². The van der Waals surface area contributed by atoms with Crippen LogP contribution >= 0.6 is 0 Å². The van der Waals surface area contributed by atoms with E-state index in [9.17, 15) is 8.42 Å². The van der Waals surface area contributed by atoms with E-state index in [4.69, 9.17) is 5.14 Å². The van der Waals surface area contributed by atoms with Crippen LogP contribution in [-0.2, 0) is 10.0 Å². The van der Waals surface area contributed by atoms with Gasteiger partial charge in [-0.15, -0.1) is 0 Å². The number of anilines is 1. The van der Waals surface area contributed by atoms with E-state index in [2.05, 4.69) is 24.4 Å². The minimum Gasteiger partial charge on any atom is -0.384 e. The Kier molecular flexibility index (Phi) is 4.65. The molecule has 0 aliphatic heterocycles. The molecular formula is C16H20N2O2S. The van der Waals surface area contributed by atoms with Crippen molar-refractivity contribution in [2.24, 2.45) is 5.14 Å². The van der Waals surface area contributed by atoms with Gasteiger partial charge in [-0.3, -0.25) is 0 Å². The van der Waals surface area contributed by atoms with E-state index in [1.54, 1.807) is 12.1 Å². The Morgan fingerprint density at radius 1 is 1.14 bits per heavy atom. The molecule has 0 aliphatic rings. The van der Waals surface area contributed by atoms with Gasteiger partial charge in [0.1, 0.15) is 0 Å². The lowest BCUT2D eigenvalue weighted by Gasteiger charge is -2.16. The molecule has 2 aromatic carbocycles. The molecule has 0 saturated heterocycles. The molecule has 5 heteroatoms. The molecule has 0 aromatic heterocycles. The highest BCUT2D eigenvalue weighted by Crippen LogP contribution is 2.21. The van der Waals surface area contributed by atoms with E-state index in [0.717, 1.165) is 17.8 Å². The van der Waals surface area contributed by atoms with E-state index in [-0.39, 0.29) is 4.90 Å². The van der Waals surface area contributed by atoms with Crippen molar-refractivity contribution in [2.75, 3.05) is 11.9 Å². The molecule has 21 heavy (non-hydrogen) atoms. The van der Waals surface area contributed by atoms with E-state index >= 15 is 0 Å².